The highest BCUT2D eigenvalue weighted by molar-refractivity contribution is 5.81. The van der Waals surface area contributed by atoms with E-state index in [9.17, 15) is 0 Å². The maximum absolute atomic E-state index is 5.37. The van der Waals surface area contributed by atoms with Crippen molar-refractivity contribution in [2.75, 3.05) is 7.11 Å². The first-order valence-electron chi connectivity index (χ1n) is 8.01. The number of aromatic nitrogens is 4. The van der Waals surface area contributed by atoms with Crippen molar-refractivity contribution in [1.29, 1.82) is 0 Å². The number of aryl methyl sites for hydroxylation is 1. The molecule has 3 heterocycles. The Morgan fingerprint density at radius 1 is 1.04 bits per heavy atom. The lowest BCUT2D eigenvalue weighted by Crippen LogP contribution is -1.89. The molecule has 0 fully saturated rings. The van der Waals surface area contributed by atoms with Crippen molar-refractivity contribution in [1.82, 2.24) is 20.1 Å². The van der Waals surface area contributed by atoms with Gasteiger partial charge in [-0.25, -0.2) is 9.97 Å². The van der Waals surface area contributed by atoms with Crippen molar-refractivity contribution >= 4 is 10.9 Å². The predicted octanol–water partition coefficient (Wildman–Crippen LogP) is 3.92. The monoisotopic (exact) mass is 332 g/mol. The van der Waals surface area contributed by atoms with E-state index < -0.39 is 0 Å². The lowest BCUT2D eigenvalue weighted by atomic mass is 10.1. The summed E-state index contributed by atoms with van der Waals surface area (Å²) in [5.41, 5.74) is 3.62. The number of benzene rings is 1. The Bertz CT molecular complexity index is 1040. The molecule has 0 saturated heterocycles. The molecule has 25 heavy (non-hydrogen) atoms. The van der Waals surface area contributed by atoms with Crippen molar-refractivity contribution in [3.8, 4) is 28.9 Å². The third-order valence-electron chi connectivity index (χ3n) is 4.01. The van der Waals surface area contributed by atoms with Crippen molar-refractivity contribution in [2.45, 2.75) is 13.3 Å². The molecule has 0 aliphatic rings. The molecule has 0 N–H and O–H groups in total. The summed E-state index contributed by atoms with van der Waals surface area (Å²) in [6.07, 6.45) is 2.64. The maximum Gasteiger partial charge on any atom is 0.258 e. The Morgan fingerprint density at radius 3 is 2.80 bits per heavy atom. The van der Waals surface area contributed by atoms with Crippen LogP contribution in [-0.4, -0.2) is 27.2 Å². The molecule has 0 amide bonds. The summed E-state index contributed by atoms with van der Waals surface area (Å²) < 4.78 is 10.5. The van der Waals surface area contributed by atoms with Crippen LogP contribution in [-0.2, 0) is 6.42 Å². The Hall–Kier alpha value is -3.28. The summed E-state index contributed by atoms with van der Waals surface area (Å²) in [4.78, 5) is 13.2. The highest BCUT2D eigenvalue weighted by Gasteiger charge is 2.13. The molecule has 0 unspecified atom stereocenters. The fraction of sp³-hybridized carbons (Fsp3) is 0.158. The third-order valence-corrected chi connectivity index (χ3v) is 4.01. The molecule has 3 aromatic heterocycles. The number of pyridine rings is 2. The lowest BCUT2D eigenvalue weighted by molar-refractivity contribution is 0.397. The largest absolute Gasteiger partial charge is 0.481 e. The zero-order valence-corrected chi connectivity index (χ0v) is 13.9. The molecule has 0 atom stereocenters. The maximum atomic E-state index is 5.37. The Morgan fingerprint density at radius 2 is 1.96 bits per heavy atom. The van der Waals surface area contributed by atoms with Crippen molar-refractivity contribution in [3.05, 3.63) is 54.2 Å². The number of methoxy groups -OCH3 is 1. The van der Waals surface area contributed by atoms with Gasteiger partial charge >= 0.3 is 0 Å². The molecule has 1 aromatic carbocycles. The normalized spacial score (nSPS) is 11.0. The van der Waals surface area contributed by atoms with Crippen molar-refractivity contribution in [3.63, 3.8) is 0 Å². The number of ether oxygens (including phenoxy) is 1. The summed E-state index contributed by atoms with van der Waals surface area (Å²) in [7, 11) is 1.56. The molecule has 124 valence electrons. The Labute approximate surface area is 144 Å². The number of nitrogens with zero attached hydrogens (tertiary/aromatic N) is 4. The Kier molecular flexibility index (Phi) is 3.85. The van der Waals surface area contributed by atoms with Gasteiger partial charge in [0.2, 0.25) is 11.7 Å². The summed E-state index contributed by atoms with van der Waals surface area (Å²) >= 11 is 0. The smallest absolute Gasteiger partial charge is 0.258 e. The summed E-state index contributed by atoms with van der Waals surface area (Å²) in [5.74, 6) is 1.35. The number of rotatable bonds is 4. The predicted molar refractivity (Wildman–Crippen MR) is 94.2 cm³/mol. The van der Waals surface area contributed by atoms with E-state index in [-0.39, 0.29) is 0 Å². The van der Waals surface area contributed by atoms with Crippen molar-refractivity contribution < 1.29 is 9.26 Å². The van der Waals surface area contributed by atoms with E-state index in [2.05, 4.69) is 39.2 Å². The fourth-order valence-electron chi connectivity index (χ4n) is 2.62. The van der Waals surface area contributed by atoms with Crippen LogP contribution in [0.1, 0.15) is 12.5 Å². The van der Waals surface area contributed by atoms with Crippen LogP contribution in [0.3, 0.4) is 0 Å². The first-order valence-corrected chi connectivity index (χ1v) is 8.01. The van der Waals surface area contributed by atoms with Gasteiger partial charge < -0.3 is 9.26 Å². The van der Waals surface area contributed by atoms with E-state index >= 15 is 0 Å². The molecule has 0 aliphatic carbocycles. The lowest BCUT2D eigenvalue weighted by Gasteiger charge is -2.02. The summed E-state index contributed by atoms with van der Waals surface area (Å²) in [5, 5.41) is 5.15. The fourth-order valence-corrected chi connectivity index (χ4v) is 2.62. The minimum atomic E-state index is 0.402. The van der Waals surface area contributed by atoms with Crippen LogP contribution < -0.4 is 4.74 Å². The van der Waals surface area contributed by atoms with E-state index in [1.165, 1.54) is 5.56 Å². The second-order valence-electron chi connectivity index (χ2n) is 5.59. The summed E-state index contributed by atoms with van der Waals surface area (Å²) in [6, 6.07) is 13.7. The highest BCUT2D eigenvalue weighted by atomic mass is 16.5. The molecule has 4 aromatic rings. The second-order valence-corrected chi connectivity index (χ2v) is 5.59. The van der Waals surface area contributed by atoms with Gasteiger partial charge in [0.05, 0.1) is 12.6 Å². The molecule has 0 radical (unpaired) electrons. The molecule has 0 spiro atoms. The van der Waals surface area contributed by atoms with Gasteiger partial charge in [0, 0.05) is 23.2 Å². The van der Waals surface area contributed by atoms with Crippen molar-refractivity contribution in [2.24, 2.45) is 0 Å². The van der Waals surface area contributed by atoms with E-state index in [1.807, 2.05) is 18.2 Å². The first kappa shape index (κ1) is 15.3. The minimum absolute atomic E-state index is 0.402. The molecule has 0 bridgehead atoms. The van der Waals surface area contributed by atoms with Crippen LogP contribution >= 0.6 is 0 Å². The summed E-state index contributed by atoms with van der Waals surface area (Å²) in [6.45, 7) is 2.14. The zero-order valence-electron chi connectivity index (χ0n) is 13.9. The van der Waals surface area contributed by atoms with Crippen LogP contribution in [0.25, 0.3) is 33.9 Å². The average Bonchev–Trinajstić information content (AvgIpc) is 3.17. The van der Waals surface area contributed by atoms with E-state index in [1.54, 1.807) is 25.4 Å². The van der Waals surface area contributed by atoms with Gasteiger partial charge in [-0.05, 0) is 36.2 Å². The van der Waals surface area contributed by atoms with Crippen LogP contribution in [0, 0.1) is 0 Å². The number of hydrogen-bond donors (Lipinski definition) is 0. The van der Waals surface area contributed by atoms with Gasteiger partial charge in [0.25, 0.3) is 5.89 Å². The molecular weight excluding hydrogens is 316 g/mol. The van der Waals surface area contributed by atoms with Gasteiger partial charge in [0.1, 0.15) is 5.69 Å². The van der Waals surface area contributed by atoms with Gasteiger partial charge in [-0.15, -0.1) is 0 Å². The molecule has 0 saturated carbocycles. The molecule has 4 rings (SSSR count). The Balaban J connectivity index is 1.70. The van der Waals surface area contributed by atoms with E-state index in [4.69, 9.17) is 9.26 Å². The van der Waals surface area contributed by atoms with Gasteiger partial charge in [-0.3, -0.25) is 0 Å². The first-order chi connectivity index (χ1) is 12.3. The number of hydrogen-bond acceptors (Lipinski definition) is 6. The topological polar surface area (TPSA) is 73.9 Å². The molecule has 6 nitrogen and oxygen atoms in total. The number of fused-ring (bicyclic) bond motifs is 1. The minimum Gasteiger partial charge on any atom is -0.481 e. The molecule has 0 aliphatic heterocycles. The third kappa shape index (κ3) is 2.94. The van der Waals surface area contributed by atoms with Crippen LogP contribution in [0.15, 0.2) is 53.2 Å². The van der Waals surface area contributed by atoms with Crippen LogP contribution in [0.4, 0.5) is 0 Å². The molecular formula is C19H16N4O2. The SMILES string of the molecule is CCc1ccc2nc(-c3noc(-c4ccnc(OC)c4)n3)ccc2c1. The van der Waals surface area contributed by atoms with Crippen LogP contribution in [0.5, 0.6) is 5.88 Å². The van der Waals surface area contributed by atoms with Gasteiger partial charge in [0.15, 0.2) is 0 Å². The average molecular weight is 332 g/mol. The van der Waals surface area contributed by atoms with Crippen LogP contribution in [0.2, 0.25) is 0 Å². The van der Waals surface area contributed by atoms with Gasteiger partial charge in [-0.1, -0.05) is 24.2 Å². The highest BCUT2D eigenvalue weighted by Crippen LogP contribution is 2.24. The molecule has 6 heteroatoms. The second kappa shape index (κ2) is 6.32. The van der Waals surface area contributed by atoms with E-state index in [0.29, 0.717) is 23.3 Å². The van der Waals surface area contributed by atoms with E-state index in [0.717, 1.165) is 22.9 Å². The standard InChI is InChI=1S/C19H16N4O2/c1-3-12-4-6-15-13(10-12)5-7-16(21-15)18-22-19(25-23-18)14-8-9-20-17(11-14)24-2/h4-11H,3H2,1-2H3. The van der Waals surface area contributed by atoms with Gasteiger partial charge in [-0.2, -0.15) is 4.98 Å². The quantitative estimate of drug-likeness (QED) is 0.564. The zero-order chi connectivity index (χ0) is 17.2.